The molecule has 0 radical (unpaired) electrons. The molecular formula is C17H26N2. The number of hydrogen-bond acceptors (Lipinski definition) is 1. The summed E-state index contributed by atoms with van der Waals surface area (Å²) in [5, 5.41) is 5.07. The summed E-state index contributed by atoms with van der Waals surface area (Å²) in [7, 11) is 2.17. The molecule has 0 aliphatic carbocycles. The lowest BCUT2D eigenvalue weighted by Crippen LogP contribution is -2.39. The fraction of sp³-hybridized carbons (Fsp3) is 0.529. The van der Waals surface area contributed by atoms with E-state index < -0.39 is 0 Å². The SMILES string of the molecule is CCCC(C)(C)NCc1c(C)c2ccccc2n1C. The Bertz CT molecular complexity index is 525. The molecule has 104 valence electrons. The first-order chi connectivity index (χ1) is 8.96. The molecule has 0 atom stereocenters. The number of hydrogen-bond donors (Lipinski definition) is 1. The zero-order valence-electron chi connectivity index (χ0n) is 12.9. The molecule has 0 amide bonds. The van der Waals surface area contributed by atoms with E-state index in [9.17, 15) is 0 Å². The van der Waals surface area contributed by atoms with Crippen LogP contribution in [0.25, 0.3) is 10.9 Å². The highest BCUT2D eigenvalue weighted by Gasteiger charge is 2.18. The Morgan fingerprint density at radius 1 is 1.21 bits per heavy atom. The van der Waals surface area contributed by atoms with Crippen LogP contribution in [0.5, 0.6) is 0 Å². The van der Waals surface area contributed by atoms with Crippen LogP contribution in [0.4, 0.5) is 0 Å². The van der Waals surface area contributed by atoms with Crippen LogP contribution in [-0.4, -0.2) is 10.1 Å². The Labute approximate surface area is 116 Å². The van der Waals surface area contributed by atoms with Gasteiger partial charge in [0, 0.05) is 35.7 Å². The Balaban J connectivity index is 2.26. The molecule has 19 heavy (non-hydrogen) atoms. The van der Waals surface area contributed by atoms with Gasteiger partial charge in [0.05, 0.1) is 0 Å². The number of nitrogens with zero attached hydrogens (tertiary/aromatic N) is 1. The normalized spacial score (nSPS) is 12.3. The lowest BCUT2D eigenvalue weighted by molar-refractivity contribution is 0.353. The second-order valence-electron chi connectivity index (χ2n) is 6.14. The van der Waals surface area contributed by atoms with Gasteiger partial charge in [-0.15, -0.1) is 0 Å². The van der Waals surface area contributed by atoms with Crippen LogP contribution in [0.1, 0.15) is 44.9 Å². The van der Waals surface area contributed by atoms with Gasteiger partial charge in [0.25, 0.3) is 0 Å². The largest absolute Gasteiger partial charge is 0.346 e. The van der Waals surface area contributed by atoms with Gasteiger partial charge in [0.15, 0.2) is 0 Å². The van der Waals surface area contributed by atoms with Crippen molar-refractivity contribution in [3.8, 4) is 0 Å². The predicted octanol–water partition coefficient (Wildman–Crippen LogP) is 4.16. The molecule has 0 saturated carbocycles. The minimum absolute atomic E-state index is 0.206. The topological polar surface area (TPSA) is 17.0 Å². The third-order valence-electron chi connectivity index (χ3n) is 4.12. The van der Waals surface area contributed by atoms with Crippen molar-refractivity contribution in [3.63, 3.8) is 0 Å². The molecule has 0 bridgehead atoms. The summed E-state index contributed by atoms with van der Waals surface area (Å²) >= 11 is 0. The highest BCUT2D eigenvalue weighted by Crippen LogP contribution is 2.25. The van der Waals surface area contributed by atoms with Crippen molar-refractivity contribution >= 4 is 10.9 Å². The van der Waals surface area contributed by atoms with Crippen molar-refractivity contribution in [2.75, 3.05) is 0 Å². The number of rotatable bonds is 5. The fourth-order valence-corrected chi connectivity index (χ4v) is 2.92. The first-order valence-corrected chi connectivity index (χ1v) is 7.24. The van der Waals surface area contributed by atoms with Crippen LogP contribution >= 0.6 is 0 Å². The summed E-state index contributed by atoms with van der Waals surface area (Å²) in [5.74, 6) is 0. The number of benzene rings is 1. The smallest absolute Gasteiger partial charge is 0.0483 e. The molecule has 2 aromatic rings. The second-order valence-corrected chi connectivity index (χ2v) is 6.14. The summed E-state index contributed by atoms with van der Waals surface area (Å²) in [5.41, 5.74) is 4.32. The lowest BCUT2D eigenvalue weighted by atomic mass is 9.99. The maximum atomic E-state index is 3.70. The van der Waals surface area contributed by atoms with Gasteiger partial charge in [-0.25, -0.2) is 0 Å². The molecule has 0 unspecified atom stereocenters. The van der Waals surface area contributed by atoms with Gasteiger partial charge < -0.3 is 9.88 Å². The van der Waals surface area contributed by atoms with Crippen molar-refractivity contribution in [3.05, 3.63) is 35.5 Å². The average molecular weight is 258 g/mol. The van der Waals surface area contributed by atoms with Gasteiger partial charge in [-0.05, 0) is 38.8 Å². The van der Waals surface area contributed by atoms with Gasteiger partial charge in [-0.3, -0.25) is 0 Å². The fourth-order valence-electron chi connectivity index (χ4n) is 2.92. The first-order valence-electron chi connectivity index (χ1n) is 7.24. The number of aromatic nitrogens is 1. The van der Waals surface area contributed by atoms with Gasteiger partial charge in [0.1, 0.15) is 0 Å². The molecule has 0 spiro atoms. The first kappa shape index (κ1) is 14.1. The molecule has 0 fully saturated rings. The highest BCUT2D eigenvalue weighted by molar-refractivity contribution is 5.85. The number of nitrogens with one attached hydrogen (secondary N) is 1. The minimum atomic E-state index is 0.206. The third-order valence-corrected chi connectivity index (χ3v) is 4.12. The van der Waals surface area contributed by atoms with Crippen molar-refractivity contribution in [2.45, 2.75) is 52.6 Å². The van der Waals surface area contributed by atoms with E-state index in [0.717, 1.165) is 6.54 Å². The minimum Gasteiger partial charge on any atom is -0.346 e. The predicted molar refractivity (Wildman–Crippen MR) is 83.5 cm³/mol. The van der Waals surface area contributed by atoms with E-state index in [1.54, 1.807) is 0 Å². The summed E-state index contributed by atoms with van der Waals surface area (Å²) in [6, 6.07) is 8.64. The van der Waals surface area contributed by atoms with Crippen molar-refractivity contribution in [1.29, 1.82) is 0 Å². The Morgan fingerprint density at radius 2 is 1.89 bits per heavy atom. The van der Waals surface area contributed by atoms with E-state index in [4.69, 9.17) is 0 Å². The maximum Gasteiger partial charge on any atom is 0.0483 e. The standard InChI is InChI=1S/C17H26N2/c1-6-11-17(3,4)18-12-16-13(2)14-9-7-8-10-15(14)19(16)5/h7-10,18H,6,11-12H2,1-5H3. The zero-order valence-corrected chi connectivity index (χ0v) is 12.9. The number of fused-ring (bicyclic) bond motifs is 1. The average Bonchev–Trinajstić information content (AvgIpc) is 2.61. The summed E-state index contributed by atoms with van der Waals surface area (Å²) in [6.45, 7) is 9.98. The van der Waals surface area contributed by atoms with E-state index in [-0.39, 0.29) is 5.54 Å². The molecule has 0 saturated heterocycles. The zero-order chi connectivity index (χ0) is 14.0. The number of aryl methyl sites for hydroxylation is 2. The van der Waals surface area contributed by atoms with Crippen LogP contribution in [0.2, 0.25) is 0 Å². The highest BCUT2D eigenvalue weighted by atomic mass is 15.0. The molecule has 0 aliphatic heterocycles. The molecule has 2 nitrogen and oxygen atoms in total. The van der Waals surface area contributed by atoms with Crippen molar-refractivity contribution < 1.29 is 0 Å². The molecule has 1 N–H and O–H groups in total. The quantitative estimate of drug-likeness (QED) is 0.852. The van der Waals surface area contributed by atoms with E-state index in [1.807, 2.05) is 0 Å². The second kappa shape index (κ2) is 5.38. The summed E-state index contributed by atoms with van der Waals surface area (Å²) in [6.07, 6.45) is 2.42. The number of para-hydroxylation sites is 1. The van der Waals surface area contributed by atoms with Gasteiger partial charge in [-0.2, -0.15) is 0 Å². The van der Waals surface area contributed by atoms with Crippen LogP contribution in [0, 0.1) is 6.92 Å². The summed E-state index contributed by atoms with van der Waals surface area (Å²) in [4.78, 5) is 0. The van der Waals surface area contributed by atoms with Crippen molar-refractivity contribution in [1.82, 2.24) is 9.88 Å². The molecule has 1 aromatic heterocycles. The molecule has 1 heterocycles. The third kappa shape index (κ3) is 2.84. The molecule has 1 aromatic carbocycles. The molecular weight excluding hydrogens is 232 g/mol. The maximum absolute atomic E-state index is 3.70. The van der Waals surface area contributed by atoms with E-state index >= 15 is 0 Å². The van der Waals surface area contributed by atoms with Gasteiger partial charge in [-0.1, -0.05) is 31.5 Å². The van der Waals surface area contributed by atoms with Crippen LogP contribution in [-0.2, 0) is 13.6 Å². The van der Waals surface area contributed by atoms with Gasteiger partial charge in [0.2, 0.25) is 0 Å². The van der Waals surface area contributed by atoms with E-state index in [1.165, 1.54) is 35.0 Å². The van der Waals surface area contributed by atoms with Crippen LogP contribution in [0.3, 0.4) is 0 Å². The Hall–Kier alpha value is -1.28. The molecule has 2 heteroatoms. The molecule has 0 aliphatic rings. The van der Waals surface area contributed by atoms with Crippen LogP contribution < -0.4 is 5.32 Å². The van der Waals surface area contributed by atoms with Crippen LogP contribution in [0.15, 0.2) is 24.3 Å². The van der Waals surface area contributed by atoms with E-state index in [2.05, 4.69) is 68.9 Å². The monoisotopic (exact) mass is 258 g/mol. The van der Waals surface area contributed by atoms with Crippen molar-refractivity contribution in [2.24, 2.45) is 7.05 Å². The van der Waals surface area contributed by atoms with Gasteiger partial charge >= 0.3 is 0 Å². The lowest BCUT2D eigenvalue weighted by Gasteiger charge is -2.26. The Kier molecular flexibility index (Phi) is 4.00. The summed E-state index contributed by atoms with van der Waals surface area (Å²) < 4.78 is 2.32. The molecule has 2 rings (SSSR count). The van der Waals surface area contributed by atoms with E-state index in [0.29, 0.717) is 0 Å². The Morgan fingerprint density at radius 3 is 2.53 bits per heavy atom.